The maximum atomic E-state index is 5.99. The molecule has 1 atom stereocenters. The van der Waals surface area contributed by atoms with Crippen LogP contribution in [0, 0.1) is 0 Å². The molecule has 1 N–H and O–H groups in total. The molecule has 1 aromatic rings. The van der Waals surface area contributed by atoms with Crippen molar-refractivity contribution < 1.29 is 4.74 Å². The van der Waals surface area contributed by atoms with Gasteiger partial charge in [0.2, 0.25) is 0 Å². The molecule has 4 rings (SSSR count). The molecule has 21 heavy (non-hydrogen) atoms. The lowest BCUT2D eigenvalue weighted by Gasteiger charge is -2.30. The molecule has 2 saturated carbocycles. The van der Waals surface area contributed by atoms with E-state index in [1.54, 1.807) is 0 Å². The van der Waals surface area contributed by atoms with Gasteiger partial charge < -0.3 is 10.1 Å². The van der Waals surface area contributed by atoms with Gasteiger partial charge in [-0.25, -0.2) is 4.98 Å². The number of hydrogen-bond donors (Lipinski definition) is 1. The number of nitrogens with zero attached hydrogens (tertiary/aromatic N) is 2. The van der Waals surface area contributed by atoms with E-state index >= 15 is 0 Å². The van der Waals surface area contributed by atoms with Crippen molar-refractivity contribution in [2.45, 2.75) is 57.2 Å². The smallest absolute Gasteiger partial charge is 0.123 e. The number of thiazole rings is 1. The Kier molecular flexibility index (Phi) is 4.00. The van der Waals surface area contributed by atoms with E-state index in [1.807, 2.05) is 11.3 Å². The predicted octanol–water partition coefficient (Wildman–Crippen LogP) is 2.67. The van der Waals surface area contributed by atoms with Gasteiger partial charge in [-0.15, -0.1) is 11.3 Å². The minimum absolute atomic E-state index is 0.191. The number of hydrogen-bond acceptors (Lipinski definition) is 5. The third kappa shape index (κ3) is 3.31. The second-order valence-electron chi connectivity index (χ2n) is 6.54. The highest BCUT2D eigenvalue weighted by Gasteiger charge is 2.33. The van der Waals surface area contributed by atoms with Crippen molar-refractivity contribution in [3.8, 4) is 0 Å². The molecule has 0 aromatic carbocycles. The van der Waals surface area contributed by atoms with E-state index in [4.69, 9.17) is 9.72 Å². The summed E-state index contributed by atoms with van der Waals surface area (Å²) >= 11 is 1.89. The minimum Gasteiger partial charge on any atom is -0.368 e. The van der Waals surface area contributed by atoms with E-state index in [0.29, 0.717) is 0 Å². The van der Waals surface area contributed by atoms with Gasteiger partial charge in [0.15, 0.2) is 0 Å². The molecule has 1 unspecified atom stereocenters. The molecule has 5 heteroatoms. The van der Waals surface area contributed by atoms with Crippen molar-refractivity contribution in [2.24, 2.45) is 0 Å². The maximum absolute atomic E-state index is 5.99. The minimum atomic E-state index is 0.191. The Bertz CT molecular complexity index is 496. The lowest BCUT2D eigenvalue weighted by Crippen LogP contribution is -2.38. The summed E-state index contributed by atoms with van der Waals surface area (Å²) in [5.41, 5.74) is 1.38. The van der Waals surface area contributed by atoms with Gasteiger partial charge >= 0.3 is 0 Å². The molecule has 3 aliphatic rings. The van der Waals surface area contributed by atoms with Crippen LogP contribution in [-0.4, -0.2) is 42.2 Å². The molecule has 0 spiro atoms. The standard InChI is InChI=1S/C16H25N3OS/c1-2-19-7-8-20-13(10-19)16-18-15(11-3-4-11)14(21-16)9-17-12-5-6-12/h11-13,17H,2-10H2,1H3. The van der Waals surface area contributed by atoms with Gasteiger partial charge in [-0.1, -0.05) is 6.92 Å². The van der Waals surface area contributed by atoms with Gasteiger partial charge in [-0.2, -0.15) is 0 Å². The zero-order valence-corrected chi connectivity index (χ0v) is 13.6. The fourth-order valence-corrected chi connectivity index (χ4v) is 4.13. The average Bonchev–Trinajstić information content (AvgIpc) is 3.44. The maximum Gasteiger partial charge on any atom is 0.123 e. The molecule has 0 radical (unpaired) electrons. The van der Waals surface area contributed by atoms with Crippen LogP contribution in [0.1, 0.15) is 60.2 Å². The number of rotatable bonds is 6. The van der Waals surface area contributed by atoms with E-state index in [2.05, 4.69) is 17.1 Å². The number of likely N-dealkylation sites (N-methyl/N-ethyl adjacent to an activating group) is 1. The monoisotopic (exact) mass is 307 g/mol. The van der Waals surface area contributed by atoms with Crippen LogP contribution in [-0.2, 0) is 11.3 Å². The molecule has 2 aliphatic carbocycles. The summed E-state index contributed by atoms with van der Waals surface area (Å²) in [6.07, 6.45) is 5.54. The van der Waals surface area contributed by atoms with Crippen LogP contribution in [0.5, 0.6) is 0 Å². The van der Waals surface area contributed by atoms with Gasteiger partial charge in [0.25, 0.3) is 0 Å². The SMILES string of the molecule is CCN1CCOC(c2nc(C3CC3)c(CNC3CC3)s2)C1. The van der Waals surface area contributed by atoms with E-state index in [9.17, 15) is 0 Å². The molecule has 4 nitrogen and oxygen atoms in total. The highest BCUT2D eigenvalue weighted by atomic mass is 32.1. The van der Waals surface area contributed by atoms with Crippen molar-refractivity contribution in [3.05, 3.63) is 15.6 Å². The third-order valence-corrected chi connectivity index (χ3v) is 5.87. The van der Waals surface area contributed by atoms with Gasteiger partial charge in [0, 0.05) is 36.5 Å². The predicted molar refractivity (Wildman–Crippen MR) is 84.8 cm³/mol. The van der Waals surface area contributed by atoms with Crippen molar-refractivity contribution >= 4 is 11.3 Å². The van der Waals surface area contributed by atoms with Crippen molar-refractivity contribution in [3.63, 3.8) is 0 Å². The summed E-state index contributed by atoms with van der Waals surface area (Å²) in [7, 11) is 0. The number of nitrogens with one attached hydrogen (secondary N) is 1. The zero-order chi connectivity index (χ0) is 14.2. The Morgan fingerprint density at radius 3 is 2.90 bits per heavy atom. The van der Waals surface area contributed by atoms with Gasteiger partial charge in [0.1, 0.15) is 11.1 Å². The summed E-state index contributed by atoms with van der Waals surface area (Å²) in [6, 6.07) is 0.768. The zero-order valence-electron chi connectivity index (χ0n) is 12.8. The fourth-order valence-electron chi connectivity index (χ4n) is 2.99. The highest BCUT2D eigenvalue weighted by molar-refractivity contribution is 7.11. The number of ether oxygens (including phenoxy) is 1. The molecule has 1 aliphatic heterocycles. The molecular weight excluding hydrogens is 282 g/mol. The molecule has 1 saturated heterocycles. The van der Waals surface area contributed by atoms with Crippen LogP contribution < -0.4 is 5.32 Å². The second-order valence-corrected chi connectivity index (χ2v) is 7.66. The van der Waals surface area contributed by atoms with Gasteiger partial charge in [0.05, 0.1) is 12.3 Å². The highest BCUT2D eigenvalue weighted by Crippen LogP contribution is 2.44. The van der Waals surface area contributed by atoms with Crippen molar-refractivity contribution in [1.82, 2.24) is 15.2 Å². The average molecular weight is 307 g/mol. The third-order valence-electron chi connectivity index (χ3n) is 4.71. The molecule has 1 aromatic heterocycles. The van der Waals surface area contributed by atoms with E-state index in [1.165, 1.54) is 41.3 Å². The molecule has 0 amide bonds. The fraction of sp³-hybridized carbons (Fsp3) is 0.812. The first-order valence-electron chi connectivity index (χ1n) is 8.40. The van der Waals surface area contributed by atoms with E-state index in [0.717, 1.165) is 44.7 Å². The summed E-state index contributed by atoms with van der Waals surface area (Å²) in [5, 5.41) is 4.86. The summed E-state index contributed by atoms with van der Waals surface area (Å²) in [6.45, 7) is 7.25. The molecule has 2 heterocycles. The Labute approximate surface area is 130 Å². The van der Waals surface area contributed by atoms with Crippen LogP contribution >= 0.6 is 11.3 Å². The van der Waals surface area contributed by atoms with Crippen LogP contribution in [0.15, 0.2) is 0 Å². The Balaban J connectivity index is 1.49. The first-order valence-corrected chi connectivity index (χ1v) is 9.22. The first kappa shape index (κ1) is 14.1. The summed E-state index contributed by atoms with van der Waals surface area (Å²) < 4.78 is 5.99. The van der Waals surface area contributed by atoms with Crippen LogP contribution in [0.4, 0.5) is 0 Å². The van der Waals surface area contributed by atoms with Crippen molar-refractivity contribution in [1.29, 1.82) is 0 Å². The van der Waals surface area contributed by atoms with Crippen LogP contribution in [0.2, 0.25) is 0 Å². The normalized spacial score (nSPS) is 27.2. The van der Waals surface area contributed by atoms with E-state index in [-0.39, 0.29) is 6.10 Å². The Morgan fingerprint density at radius 2 is 2.19 bits per heavy atom. The van der Waals surface area contributed by atoms with Crippen LogP contribution in [0.3, 0.4) is 0 Å². The van der Waals surface area contributed by atoms with Gasteiger partial charge in [-0.3, -0.25) is 4.90 Å². The van der Waals surface area contributed by atoms with Crippen molar-refractivity contribution in [2.75, 3.05) is 26.2 Å². The second kappa shape index (κ2) is 5.95. The topological polar surface area (TPSA) is 37.4 Å². The summed E-state index contributed by atoms with van der Waals surface area (Å²) in [4.78, 5) is 8.93. The van der Waals surface area contributed by atoms with Gasteiger partial charge in [-0.05, 0) is 32.2 Å². The summed E-state index contributed by atoms with van der Waals surface area (Å²) in [5.74, 6) is 0.733. The lowest BCUT2D eigenvalue weighted by atomic mass is 10.2. The molecule has 3 fully saturated rings. The lowest BCUT2D eigenvalue weighted by molar-refractivity contribution is -0.0283. The first-order chi connectivity index (χ1) is 10.3. The Hall–Kier alpha value is -0.490. The molecular formula is C16H25N3OS. The number of morpholine rings is 1. The quantitative estimate of drug-likeness (QED) is 0.877. The molecule has 0 bridgehead atoms. The Morgan fingerprint density at radius 1 is 1.33 bits per heavy atom. The molecule has 116 valence electrons. The van der Waals surface area contributed by atoms with E-state index < -0.39 is 0 Å². The van der Waals surface area contributed by atoms with Crippen LogP contribution in [0.25, 0.3) is 0 Å². The largest absolute Gasteiger partial charge is 0.368 e. The number of aromatic nitrogens is 1.